The smallest absolute Gasteiger partial charge is 0.0303 e. The van der Waals surface area contributed by atoms with Crippen molar-refractivity contribution in [1.29, 1.82) is 0 Å². The molecule has 0 saturated carbocycles. The average Bonchev–Trinajstić information content (AvgIpc) is 2.38. The zero-order valence-electron chi connectivity index (χ0n) is 10.3. The van der Waals surface area contributed by atoms with Crippen LogP contribution >= 0.6 is 27.7 Å². The standard InChI is InChI=1S/C14H20BrNS/c1-11(13-6-2-3-7-14(13)15)16-9-12-5-4-8-17-10-12/h2-3,6-7,11-12,16H,4-5,8-10H2,1H3. The van der Waals surface area contributed by atoms with E-state index in [4.69, 9.17) is 0 Å². The highest BCUT2D eigenvalue weighted by Crippen LogP contribution is 2.25. The first kappa shape index (κ1) is 13.4. The number of benzene rings is 1. The van der Waals surface area contributed by atoms with Gasteiger partial charge in [0.1, 0.15) is 0 Å². The van der Waals surface area contributed by atoms with Gasteiger partial charge in [0.15, 0.2) is 0 Å². The van der Waals surface area contributed by atoms with Gasteiger partial charge in [0.2, 0.25) is 0 Å². The molecule has 1 heterocycles. The first-order valence-corrected chi connectivity index (χ1v) is 8.27. The van der Waals surface area contributed by atoms with Gasteiger partial charge in [-0.15, -0.1) is 0 Å². The molecule has 1 nitrogen and oxygen atoms in total. The number of thioether (sulfide) groups is 1. The second-order valence-electron chi connectivity index (χ2n) is 4.73. The van der Waals surface area contributed by atoms with Gasteiger partial charge < -0.3 is 5.32 Å². The third-order valence-electron chi connectivity index (χ3n) is 3.34. The van der Waals surface area contributed by atoms with E-state index in [2.05, 4.69) is 64.2 Å². The SMILES string of the molecule is CC(NCC1CCCSC1)c1ccccc1Br. The van der Waals surface area contributed by atoms with Crippen molar-refractivity contribution in [2.45, 2.75) is 25.8 Å². The lowest BCUT2D eigenvalue weighted by molar-refractivity contribution is 0.443. The highest BCUT2D eigenvalue weighted by atomic mass is 79.9. The predicted molar refractivity (Wildman–Crippen MR) is 80.6 cm³/mol. The van der Waals surface area contributed by atoms with Crippen LogP contribution in [0.4, 0.5) is 0 Å². The Hall–Kier alpha value is 0.01000. The Kier molecular flexibility index (Phi) is 5.39. The molecule has 2 unspecified atom stereocenters. The maximum Gasteiger partial charge on any atom is 0.0303 e. The van der Waals surface area contributed by atoms with E-state index in [-0.39, 0.29) is 0 Å². The molecular weight excluding hydrogens is 294 g/mol. The quantitative estimate of drug-likeness (QED) is 0.892. The molecule has 1 aromatic carbocycles. The molecule has 2 atom stereocenters. The van der Waals surface area contributed by atoms with Crippen LogP contribution < -0.4 is 5.32 Å². The van der Waals surface area contributed by atoms with Crippen LogP contribution in [0.5, 0.6) is 0 Å². The molecule has 1 aliphatic heterocycles. The van der Waals surface area contributed by atoms with Crippen molar-refractivity contribution in [3.63, 3.8) is 0 Å². The van der Waals surface area contributed by atoms with Gasteiger partial charge in [-0.1, -0.05) is 34.1 Å². The lowest BCUT2D eigenvalue weighted by Gasteiger charge is -2.24. The van der Waals surface area contributed by atoms with Gasteiger partial charge in [0.25, 0.3) is 0 Å². The largest absolute Gasteiger partial charge is 0.310 e. The molecule has 17 heavy (non-hydrogen) atoms. The van der Waals surface area contributed by atoms with Gasteiger partial charge in [-0.25, -0.2) is 0 Å². The predicted octanol–water partition coefficient (Wildman–Crippen LogP) is 4.24. The molecule has 1 aliphatic rings. The first-order chi connectivity index (χ1) is 8.27. The van der Waals surface area contributed by atoms with Crippen LogP contribution in [0, 0.1) is 5.92 Å². The maximum atomic E-state index is 3.67. The molecule has 2 rings (SSSR count). The number of hydrogen-bond donors (Lipinski definition) is 1. The average molecular weight is 314 g/mol. The lowest BCUT2D eigenvalue weighted by Crippen LogP contribution is -2.28. The van der Waals surface area contributed by atoms with Crippen molar-refractivity contribution >= 4 is 27.7 Å². The molecule has 1 fully saturated rings. The first-order valence-electron chi connectivity index (χ1n) is 6.33. The van der Waals surface area contributed by atoms with Gasteiger partial charge in [-0.2, -0.15) is 11.8 Å². The van der Waals surface area contributed by atoms with Gasteiger partial charge in [-0.3, -0.25) is 0 Å². The molecule has 94 valence electrons. The highest BCUT2D eigenvalue weighted by Gasteiger charge is 2.15. The minimum absolute atomic E-state index is 0.428. The summed E-state index contributed by atoms with van der Waals surface area (Å²) in [5, 5.41) is 3.67. The Morgan fingerprint density at radius 3 is 3.00 bits per heavy atom. The second kappa shape index (κ2) is 6.81. The van der Waals surface area contributed by atoms with Crippen LogP contribution in [0.2, 0.25) is 0 Å². The third kappa shape index (κ3) is 4.01. The van der Waals surface area contributed by atoms with E-state index < -0.39 is 0 Å². The molecular formula is C14H20BrNS. The molecule has 1 aromatic rings. The Morgan fingerprint density at radius 2 is 2.29 bits per heavy atom. The summed E-state index contributed by atoms with van der Waals surface area (Å²) in [6.45, 7) is 3.39. The van der Waals surface area contributed by atoms with E-state index in [1.54, 1.807) is 0 Å². The monoisotopic (exact) mass is 313 g/mol. The molecule has 0 amide bonds. The molecule has 1 saturated heterocycles. The topological polar surface area (TPSA) is 12.0 Å². The van der Waals surface area contributed by atoms with Crippen LogP contribution in [-0.2, 0) is 0 Å². The minimum atomic E-state index is 0.428. The molecule has 0 aromatic heterocycles. The third-order valence-corrected chi connectivity index (χ3v) is 5.35. The van der Waals surface area contributed by atoms with E-state index in [1.165, 1.54) is 34.4 Å². The summed E-state index contributed by atoms with van der Waals surface area (Å²) < 4.78 is 1.21. The van der Waals surface area contributed by atoms with Gasteiger partial charge in [-0.05, 0) is 55.4 Å². The van der Waals surface area contributed by atoms with Crippen molar-refractivity contribution in [1.82, 2.24) is 5.32 Å². The van der Waals surface area contributed by atoms with Crippen molar-refractivity contribution in [2.24, 2.45) is 5.92 Å². The van der Waals surface area contributed by atoms with Crippen LogP contribution in [0.25, 0.3) is 0 Å². The van der Waals surface area contributed by atoms with Crippen molar-refractivity contribution in [3.8, 4) is 0 Å². The van der Waals surface area contributed by atoms with Crippen LogP contribution in [0.3, 0.4) is 0 Å². The zero-order chi connectivity index (χ0) is 12.1. The molecule has 1 N–H and O–H groups in total. The molecule has 0 aliphatic carbocycles. The van der Waals surface area contributed by atoms with Crippen LogP contribution in [0.1, 0.15) is 31.4 Å². The maximum absolute atomic E-state index is 3.67. The van der Waals surface area contributed by atoms with Crippen molar-refractivity contribution in [3.05, 3.63) is 34.3 Å². The molecule has 0 bridgehead atoms. The lowest BCUT2D eigenvalue weighted by atomic mass is 10.0. The van der Waals surface area contributed by atoms with Gasteiger partial charge >= 0.3 is 0 Å². The Labute approximate surface area is 117 Å². The Balaban J connectivity index is 1.84. The summed E-state index contributed by atoms with van der Waals surface area (Å²) in [7, 11) is 0. The normalized spacial score (nSPS) is 22.4. The second-order valence-corrected chi connectivity index (χ2v) is 6.74. The zero-order valence-corrected chi connectivity index (χ0v) is 12.7. The molecule has 0 spiro atoms. The fourth-order valence-corrected chi connectivity index (χ4v) is 4.03. The summed E-state index contributed by atoms with van der Waals surface area (Å²) in [4.78, 5) is 0. The molecule has 3 heteroatoms. The van der Waals surface area contributed by atoms with Crippen LogP contribution in [0.15, 0.2) is 28.7 Å². The van der Waals surface area contributed by atoms with E-state index in [9.17, 15) is 0 Å². The summed E-state index contributed by atoms with van der Waals surface area (Å²) in [5.41, 5.74) is 1.36. The van der Waals surface area contributed by atoms with E-state index >= 15 is 0 Å². The van der Waals surface area contributed by atoms with E-state index in [1.807, 2.05) is 0 Å². The summed E-state index contributed by atoms with van der Waals surface area (Å²) in [6, 6.07) is 8.91. The van der Waals surface area contributed by atoms with Crippen molar-refractivity contribution in [2.75, 3.05) is 18.1 Å². The number of nitrogens with one attached hydrogen (secondary N) is 1. The van der Waals surface area contributed by atoms with E-state index in [0.29, 0.717) is 6.04 Å². The summed E-state index contributed by atoms with van der Waals surface area (Å²) >= 11 is 5.72. The van der Waals surface area contributed by atoms with E-state index in [0.717, 1.165) is 12.5 Å². The fraction of sp³-hybridized carbons (Fsp3) is 0.571. The fourth-order valence-electron chi connectivity index (χ4n) is 2.25. The summed E-state index contributed by atoms with van der Waals surface area (Å²) in [6.07, 6.45) is 2.78. The van der Waals surface area contributed by atoms with Crippen LogP contribution in [-0.4, -0.2) is 18.1 Å². The number of hydrogen-bond acceptors (Lipinski definition) is 2. The van der Waals surface area contributed by atoms with Crippen molar-refractivity contribution < 1.29 is 0 Å². The Bertz CT molecular complexity index is 350. The number of halogens is 1. The Morgan fingerprint density at radius 1 is 1.47 bits per heavy atom. The number of rotatable bonds is 4. The van der Waals surface area contributed by atoms with Gasteiger partial charge in [0.05, 0.1) is 0 Å². The molecule has 0 radical (unpaired) electrons. The summed E-state index contributed by atoms with van der Waals surface area (Å²) in [5.74, 6) is 3.55. The highest BCUT2D eigenvalue weighted by molar-refractivity contribution is 9.10. The minimum Gasteiger partial charge on any atom is -0.310 e. The van der Waals surface area contributed by atoms with Gasteiger partial charge in [0, 0.05) is 10.5 Å².